The number of piperidine rings is 1. The topological polar surface area (TPSA) is 131 Å². The number of anilines is 2. The number of primary amides is 1. The number of nitrogen functional groups attached to an aromatic ring is 1. The van der Waals surface area contributed by atoms with E-state index in [4.69, 9.17) is 11.5 Å². The Balaban J connectivity index is 1.73. The number of nitrogens with zero attached hydrogens (tertiary/aromatic N) is 2. The van der Waals surface area contributed by atoms with E-state index in [0.29, 0.717) is 41.7 Å². The van der Waals surface area contributed by atoms with Crippen molar-refractivity contribution < 1.29 is 14.4 Å². The quantitative estimate of drug-likeness (QED) is 0.627. The van der Waals surface area contributed by atoms with Crippen molar-refractivity contribution in [2.75, 3.05) is 17.6 Å². The van der Waals surface area contributed by atoms with Crippen LogP contribution in [0.5, 0.6) is 0 Å². The van der Waals surface area contributed by atoms with Gasteiger partial charge in [-0.15, -0.1) is 11.3 Å². The van der Waals surface area contributed by atoms with Crippen LogP contribution < -0.4 is 16.8 Å². The lowest BCUT2D eigenvalue weighted by Gasteiger charge is -2.38. The predicted molar refractivity (Wildman–Crippen MR) is 117 cm³/mol. The number of thiophene rings is 1. The van der Waals surface area contributed by atoms with Gasteiger partial charge in [0.1, 0.15) is 5.82 Å². The minimum Gasteiger partial charge on any atom is -0.383 e. The zero-order chi connectivity index (χ0) is 21.8. The minimum atomic E-state index is -0.688. The number of amides is 3. The molecule has 0 spiro atoms. The van der Waals surface area contributed by atoms with Gasteiger partial charge in [-0.2, -0.15) is 0 Å². The van der Waals surface area contributed by atoms with Crippen molar-refractivity contribution in [2.45, 2.75) is 45.6 Å². The largest absolute Gasteiger partial charge is 0.383 e. The molecule has 0 aliphatic carbocycles. The maximum Gasteiger partial charge on any atom is 0.313 e. The Morgan fingerprint density at radius 3 is 2.73 bits per heavy atom. The van der Waals surface area contributed by atoms with E-state index in [0.717, 1.165) is 23.3 Å². The molecule has 1 fully saturated rings. The Kier molecular flexibility index (Phi) is 6.71. The second-order valence-corrected chi connectivity index (χ2v) is 8.87. The number of nitrogens with one attached hydrogen (secondary N) is 1. The number of pyridine rings is 1. The molecule has 3 heterocycles. The number of likely N-dealkylation sites (tertiary alicyclic amines) is 1. The summed E-state index contributed by atoms with van der Waals surface area (Å²) in [7, 11) is 0. The van der Waals surface area contributed by atoms with E-state index in [9.17, 15) is 14.4 Å². The smallest absolute Gasteiger partial charge is 0.313 e. The number of nitrogens with two attached hydrogens (primary N) is 2. The molecule has 0 aromatic carbocycles. The van der Waals surface area contributed by atoms with Crippen molar-refractivity contribution in [3.05, 3.63) is 39.7 Å². The third kappa shape index (κ3) is 4.96. The highest BCUT2D eigenvalue weighted by Gasteiger charge is 2.33. The lowest BCUT2D eigenvalue weighted by molar-refractivity contribution is -0.146. The fraction of sp³-hybridized carbons (Fsp3) is 0.429. The highest BCUT2D eigenvalue weighted by Crippen LogP contribution is 2.27. The summed E-state index contributed by atoms with van der Waals surface area (Å²) in [4.78, 5) is 44.2. The molecule has 9 heteroatoms. The van der Waals surface area contributed by atoms with E-state index < -0.39 is 17.7 Å². The third-order valence-electron chi connectivity index (χ3n) is 5.38. The molecule has 3 amide bonds. The summed E-state index contributed by atoms with van der Waals surface area (Å²) >= 11 is 1.33. The first-order chi connectivity index (χ1) is 14.3. The van der Waals surface area contributed by atoms with Gasteiger partial charge in [0.2, 0.25) is 0 Å². The van der Waals surface area contributed by atoms with Gasteiger partial charge in [-0.25, -0.2) is 4.98 Å². The molecule has 160 valence electrons. The average Bonchev–Trinajstić information content (AvgIpc) is 3.19. The number of hydrogen-bond acceptors (Lipinski definition) is 6. The summed E-state index contributed by atoms with van der Waals surface area (Å²) in [5.41, 5.74) is 12.4. The van der Waals surface area contributed by atoms with Gasteiger partial charge in [0.15, 0.2) is 0 Å². The number of hydrogen-bond donors (Lipinski definition) is 3. The molecule has 2 aromatic rings. The molecule has 0 saturated carbocycles. The fourth-order valence-electron chi connectivity index (χ4n) is 3.71. The summed E-state index contributed by atoms with van der Waals surface area (Å²) in [6.07, 6.45) is 4.50. The summed E-state index contributed by atoms with van der Waals surface area (Å²) in [6, 6.07) is 5.19. The van der Waals surface area contributed by atoms with Crippen LogP contribution in [0.15, 0.2) is 24.4 Å². The molecule has 1 aliphatic heterocycles. The Bertz CT molecular complexity index is 958. The first-order valence-electron chi connectivity index (χ1n) is 10.0. The highest BCUT2D eigenvalue weighted by atomic mass is 32.1. The second-order valence-electron chi connectivity index (χ2n) is 7.70. The van der Waals surface area contributed by atoms with Gasteiger partial charge in [0.25, 0.3) is 5.91 Å². The van der Waals surface area contributed by atoms with E-state index in [2.05, 4.69) is 17.2 Å². The monoisotopic (exact) mass is 429 g/mol. The van der Waals surface area contributed by atoms with Gasteiger partial charge in [0, 0.05) is 23.9 Å². The normalized spacial score (nSPS) is 18.8. The average molecular weight is 430 g/mol. The van der Waals surface area contributed by atoms with Crippen molar-refractivity contribution in [2.24, 2.45) is 11.7 Å². The van der Waals surface area contributed by atoms with Crippen molar-refractivity contribution in [3.63, 3.8) is 0 Å². The van der Waals surface area contributed by atoms with Gasteiger partial charge in [-0.3, -0.25) is 14.4 Å². The second kappa shape index (κ2) is 9.25. The number of rotatable bonds is 5. The molecule has 1 saturated heterocycles. The summed E-state index contributed by atoms with van der Waals surface area (Å²) in [6.45, 7) is 4.53. The molecule has 8 nitrogen and oxygen atoms in total. The number of aryl methyl sites for hydroxylation is 1. The molecule has 30 heavy (non-hydrogen) atoms. The first kappa shape index (κ1) is 21.8. The van der Waals surface area contributed by atoms with Crippen LogP contribution in [-0.4, -0.2) is 40.2 Å². The lowest BCUT2D eigenvalue weighted by Crippen LogP contribution is -2.51. The number of carbonyl (C=O) groups is 3. The molecule has 0 radical (unpaired) electrons. The van der Waals surface area contributed by atoms with E-state index in [1.54, 1.807) is 17.0 Å². The van der Waals surface area contributed by atoms with Crippen molar-refractivity contribution in [1.82, 2.24) is 9.88 Å². The summed E-state index contributed by atoms with van der Waals surface area (Å²) in [5, 5.41) is 2.65. The lowest BCUT2D eigenvalue weighted by atomic mass is 9.92. The molecule has 1 aliphatic rings. The van der Waals surface area contributed by atoms with Crippen LogP contribution >= 0.6 is 11.3 Å². The van der Waals surface area contributed by atoms with Crippen LogP contribution in [0.2, 0.25) is 0 Å². The maximum atomic E-state index is 13.0. The van der Waals surface area contributed by atoms with Crippen LogP contribution in [0.25, 0.3) is 0 Å². The predicted octanol–water partition coefficient (Wildman–Crippen LogP) is 2.19. The van der Waals surface area contributed by atoms with Crippen LogP contribution in [-0.2, 0) is 22.4 Å². The maximum absolute atomic E-state index is 13.0. The van der Waals surface area contributed by atoms with Crippen molar-refractivity contribution in [3.8, 4) is 0 Å². The molecule has 2 aromatic heterocycles. The standard InChI is InChI=1S/C21H27N5O3S/c1-3-13-8-14(10-24-18(13)22)25-20(28)21(29)26-11-12(2)4-5-15(26)9-16-6-7-17(30-16)19(23)27/h6-8,10,12,15H,3-5,9,11H2,1-2H3,(H2,22,24)(H2,23,27)(H,25,28)/t12-,15?/m0/s1. The van der Waals surface area contributed by atoms with Crippen LogP contribution in [0.3, 0.4) is 0 Å². The molecular weight excluding hydrogens is 402 g/mol. The van der Waals surface area contributed by atoms with Crippen LogP contribution in [0.4, 0.5) is 11.5 Å². The van der Waals surface area contributed by atoms with E-state index >= 15 is 0 Å². The molecule has 5 N–H and O–H groups in total. The Labute approximate surface area is 179 Å². The minimum absolute atomic E-state index is 0.102. The fourth-order valence-corrected chi connectivity index (χ4v) is 4.64. The van der Waals surface area contributed by atoms with Crippen LogP contribution in [0.1, 0.15) is 46.8 Å². The molecule has 1 unspecified atom stereocenters. The number of aromatic nitrogens is 1. The zero-order valence-corrected chi connectivity index (χ0v) is 18.0. The molecule has 3 rings (SSSR count). The molecule has 2 atom stereocenters. The van der Waals surface area contributed by atoms with E-state index in [1.165, 1.54) is 17.5 Å². The summed E-state index contributed by atoms with van der Waals surface area (Å²) in [5.74, 6) is -0.982. The molecular formula is C21H27N5O3S. The zero-order valence-electron chi connectivity index (χ0n) is 17.2. The van der Waals surface area contributed by atoms with Gasteiger partial charge < -0.3 is 21.7 Å². The van der Waals surface area contributed by atoms with Gasteiger partial charge >= 0.3 is 11.8 Å². The van der Waals surface area contributed by atoms with Crippen molar-refractivity contribution in [1.29, 1.82) is 0 Å². The SMILES string of the molecule is CCc1cc(NC(=O)C(=O)N2C[C@@H](C)CCC2Cc2ccc(C(N)=O)s2)cnc1N. The first-order valence-corrected chi connectivity index (χ1v) is 10.8. The molecule has 0 bridgehead atoms. The van der Waals surface area contributed by atoms with Gasteiger partial charge in [-0.1, -0.05) is 13.8 Å². The van der Waals surface area contributed by atoms with E-state index in [-0.39, 0.29) is 6.04 Å². The van der Waals surface area contributed by atoms with Gasteiger partial charge in [-0.05, 0) is 48.9 Å². The van der Waals surface area contributed by atoms with Crippen LogP contribution in [0, 0.1) is 5.92 Å². The third-order valence-corrected chi connectivity index (χ3v) is 6.50. The van der Waals surface area contributed by atoms with Crippen molar-refractivity contribution >= 4 is 40.6 Å². The van der Waals surface area contributed by atoms with Gasteiger partial charge in [0.05, 0.1) is 16.8 Å². The highest BCUT2D eigenvalue weighted by molar-refractivity contribution is 7.14. The van der Waals surface area contributed by atoms with E-state index in [1.807, 2.05) is 13.0 Å². The summed E-state index contributed by atoms with van der Waals surface area (Å²) < 4.78 is 0. The Morgan fingerprint density at radius 2 is 2.07 bits per heavy atom. The Hall–Kier alpha value is -2.94. The number of carbonyl (C=O) groups excluding carboxylic acids is 3. The Morgan fingerprint density at radius 1 is 1.30 bits per heavy atom.